The van der Waals surface area contributed by atoms with Crippen molar-refractivity contribution in [3.8, 4) is 11.6 Å². The molecule has 0 bridgehead atoms. The monoisotopic (exact) mass is 369 g/mol. The van der Waals surface area contributed by atoms with E-state index < -0.39 is 0 Å². The van der Waals surface area contributed by atoms with Crippen LogP contribution in [0.4, 0.5) is 0 Å². The quantitative estimate of drug-likeness (QED) is 0.697. The van der Waals surface area contributed by atoms with Gasteiger partial charge in [0.15, 0.2) is 0 Å². The van der Waals surface area contributed by atoms with E-state index >= 15 is 0 Å². The van der Waals surface area contributed by atoms with E-state index in [4.69, 9.17) is 4.74 Å². The highest BCUT2D eigenvalue weighted by Gasteiger charge is 2.06. The number of hydrogen-bond donors (Lipinski definition) is 0. The Hall–Kier alpha value is -0.870. The first-order valence-corrected chi connectivity index (χ1v) is 7.47. The van der Waals surface area contributed by atoms with Gasteiger partial charge in [0, 0.05) is 21.6 Å². The second-order valence-corrected chi connectivity index (χ2v) is 5.59. The van der Waals surface area contributed by atoms with E-state index in [1.165, 1.54) is 0 Å². The van der Waals surface area contributed by atoms with Gasteiger partial charge >= 0.3 is 0 Å². The van der Waals surface area contributed by atoms with E-state index in [1.807, 2.05) is 38.2 Å². The van der Waals surface area contributed by atoms with Gasteiger partial charge in [0.2, 0.25) is 5.88 Å². The van der Waals surface area contributed by atoms with Gasteiger partial charge in [-0.05, 0) is 49.2 Å². The highest BCUT2D eigenvalue weighted by molar-refractivity contribution is 9.10. The molecule has 0 radical (unpaired) electrons. The summed E-state index contributed by atoms with van der Waals surface area (Å²) in [5.74, 6) is 1.49. The summed E-state index contributed by atoms with van der Waals surface area (Å²) in [7, 11) is 0. The van der Waals surface area contributed by atoms with Crippen molar-refractivity contribution in [2.75, 3.05) is 0 Å². The van der Waals surface area contributed by atoms with E-state index in [-0.39, 0.29) is 0 Å². The van der Waals surface area contributed by atoms with Gasteiger partial charge in [-0.25, -0.2) is 4.98 Å². The van der Waals surface area contributed by atoms with Gasteiger partial charge in [0.05, 0.1) is 0 Å². The SMILES string of the molecule is Cc1cc(Br)ccc1Oc1ncc(CBr)cc1C. The number of halogens is 2. The summed E-state index contributed by atoms with van der Waals surface area (Å²) in [5.41, 5.74) is 3.26. The number of aromatic nitrogens is 1. The first-order valence-electron chi connectivity index (χ1n) is 5.55. The Kier molecular flexibility index (Phi) is 4.40. The molecule has 1 aromatic carbocycles. The third-order valence-electron chi connectivity index (χ3n) is 2.58. The number of ether oxygens (including phenoxy) is 1. The van der Waals surface area contributed by atoms with Crippen molar-refractivity contribution in [3.05, 3.63) is 51.6 Å². The average Bonchev–Trinajstić information content (AvgIpc) is 2.34. The maximum atomic E-state index is 5.85. The standard InChI is InChI=1S/C14H13Br2NO/c1-9-6-12(16)3-4-13(9)18-14-10(2)5-11(7-15)8-17-14/h3-6,8H,7H2,1-2H3. The van der Waals surface area contributed by atoms with Gasteiger partial charge in [-0.15, -0.1) is 0 Å². The Morgan fingerprint density at radius 2 is 1.94 bits per heavy atom. The molecule has 4 heteroatoms. The fourth-order valence-corrected chi connectivity index (χ4v) is 2.41. The van der Waals surface area contributed by atoms with Crippen LogP contribution in [0.2, 0.25) is 0 Å². The van der Waals surface area contributed by atoms with Crippen molar-refractivity contribution in [2.24, 2.45) is 0 Å². The van der Waals surface area contributed by atoms with Crippen LogP contribution in [0.5, 0.6) is 11.6 Å². The molecule has 2 aromatic rings. The topological polar surface area (TPSA) is 22.1 Å². The molecule has 0 saturated carbocycles. The molecule has 94 valence electrons. The Balaban J connectivity index is 2.28. The minimum absolute atomic E-state index is 0.658. The zero-order valence-corrected chi connectivity index (χ0v) is 13.4. The molecule has 0 fully saturated rings. The number of alkyl halides is 1. The number of hydrogen-bond acceptors (Lipinski definition) is 2. The van der Waals surface area contributed by atoms with Crippen LogP contribution in [0.3, 0.4) is 0 Å². The molecule has 1 heterocycles. The summed E-state index contributed by atoms with van der Waals surface area (Å²) in [5, 5.41) is 0.804. The molecule has 0 aliphatic heterocycles. The van der Waals surface area contributed by atoms with Crippen molar-refractivity contribution in [3.63, 3.8) is 0 Å². The molecule has 2 nitrogen and oxygen atoms in total. The average molecular weight is 371 g/mol. The summed E-state index contributed by atoms with van der Waals surface area (Å²) in [6.07, 6.45) is 1.82. The number of benzene rings is 1. The Labute approximate surface area is 124 Å². The van der Waals surface area contributed by atoms with Crippen LogP contribution in [0.1, 0.15) is 16.7 Å². The predicted molar refractivity (Wildman–Crippen MR) is 80.6 cm³/mol. The summed E-state index contributed by atoms with van der Waals surface area (Å²) >= 11 is 6.86. The highest BCUT2D eigenvalue weighted by Crippen LogP contribution is 2.28. The maximum absolute atomic E-state index is 5.85. The molecule has 0 N–H and O–H groups in total. The van der Waals surface area contributed by atoms with Crippen LogP contribution in [-0.2, 0) is 5.33 Å². The number of pyridine rings is 1. The minimum atomic E-state index is 0.658. The number of nitrogens with zero attached hydrogens (tertiary/aromatic N) is 1. The fourth-order valence-electron chi connectivity index (χ4n) is 1.63. The molecule has 0 spiro atoms. The van der Waals surface area contributed by atoms with Crippen LogP contribution < -0.4 is 4.74 Å². The Bertz CT molecular complexity index is 570. The van der Waals surface area contributed by atoms with E-state index in [2.05, 4.69) is 42.9 Å². The smallest absolute Gasteiger partial charge is 0.222 e. The first-order chi connectivity index (χ1) is 8.60. The number of rotatable bonds is 3. The molecular formula is C14H13Br2NO. The van der Waals surface area contributed by atoms with Crippen LogP contribution in [0, 0.1) is 13.8 Å². The van der Waals surface area contributed by atoms with Crippen LogP contribution in [0.15, 0.2) is 34.9 Å². The fraction of sp³-hybridized carbons (Fsp3) is 0.214. The molecule has 0 unspecified atom stereocenters. The van der Waals surface area contributed by atoms with Gasteiger partial charge < -0.3 is 4.74 Å². The molecule has 0 saturated heterocycles. The molecule has 0 atom stereocenters. The van der Waals surface area contributed by atoms with Crippen molar-refractivity contribution < 1.29 is 4.74 Å². The van der Waals surface area contributed by atoms with Crippen molar-refractivity contribution in [2.45, 2.75) is 19.2 Å². The minimum Gasteiger partial charge on any atom is -0.438 e. The summed E-state index contributed by atoms with van der Waals surface area (Å²) < 4.78 is 6.89. The van der Waals surface area contributed by atoms with Crippen molar-refractivity contribution in [1.29, 1.82) is 0 Å². The lowest BCUT2D eigenvalue weighted by Crippen LogP contribution is -1.94. The maximum Gasteiger partial charge on any atom is 0.222 e. The molecule has 0 aliphatic rings. The van der Waals surface area contributed by atoms with Gasteiger partial charge in [0.1, 0.15) is 5.75 Å². The van der Waals surface area contributed by atoms with E-state index in [9.17, 15) is 0 Å². The van der Waals surface area contributed by atoms with E-state index in [0.717, 1.165) is 32.2 Å². The molecule has 1 aromatic heterocycles. The lowest BCUT2D eigenvalue weighted by molar-refractivity contribution is 0.455. The molecule has 2 rings (SSSR count). The first kappa shape index (κ1) is 13.6. The van der Waals surface area contributed by atoms with Gasteiger partial charge in [-0.2, -0.15) is 0 Å². The summed E-state index contributed by atoms with van der Waals surface area (Å²) in [6, 6.07) is 8.01. The number of aryl methyl sites for hydroxylation is 2. The normalized spacial score (nSPS) is 10.4. The lowest BCUT2D eigenvalue weighted by Gasteiger charge is -2.10. The second kappa shape index (κ2) is 5.85. The zero-order chi connectivity index (χ0) is 13.1. The van der Waals surface area contributed by atoms with Gasteiger partial charge in [0.25, 0.3) is 0 Å². The zero-order valence-electron chi connectivity index (χ0n) is 10.2. The summed E-state index contributed by atoms with van der Waals surface area (Å²) in [4.78, 5) is 4.34. The van der Waals surface area contributed by atoms with E-state index in [1.54, 1.807) is 0 Å². The molecule has 0 aliphatic carbocycles. The third-order valence-corrected chi connectivity index (χ3v) is 3.73. The van der Waals surface area contributed by atoms with Crippen molar-refractivity contribution >= 4 is 31.9 Å². The van der Waals surface area contributed by atoms with Crippen LogP contribution >= 0.6 is 31.9 Å². The van der Waals surface area contributed by atoms with Crippen LogP contribution in [-0.4, -0.2) is 4.98 Å². The molecule has 0 amide bonds. The summed E-state index contributed by atoms with van der Waals surface area (Å²) in [6.45, 7) is 4.02. The molecular weight excluding hydrogens is 358 g/mol. The van der Waals surface area contributed by atoms with Gasteiger partial charge in [-0.1, -0.05) is 31.9 Å². The van der Waals surface area contributed by atoms with Crippen LogP contribution in [0.25, 0.3) is 0 Å². The Morgan fingerprint density at radius 3 is 2.56 bits per heavy atom. The lowest BCUT2D eigenvalue weighted by atomic mass is 10.2. The van der Waals surface area contributed by atoms with Crippen molar-refractivity contribution in [1.82, 2.24) is 4.98 Å². The molecule has 18 heavy (non-hydrogen) atoms. The van der Waals surface area contributed by atoms with E-state index in [0.29, 0.717) is 5.88 Å². The van der Waals surface area contributed by atoms with Gasteiger partial charge in [-0.3, -0.25) is 0 Å². The largest absolute Gasteiger partial charge is 0.438 e. The predicted octanol–water partition coefficient (Wildman–Crippen LogP) is 5.15. The second-order valence-electron chi connectivity index (χ2n) is 4.11. The Morgan fingerprint density at radius 1 is 1.17 bits per heavy atom. The highest BCUT2D eigenvalue weighted by atomic mass is 79.9. The third kappa shape index (κ3) is 3.12.